The van der Waals surface area contributed by atoms with Crippen LogP contribution in [0.5, 0.6) is 0 Å². The molecule has 4 rings (SSSR count). The standard InChI is InChI=1S/C14H27N6O8P/c15-14-17-11-8(12(23)18-14)16-6-20(11)13-10(22)9(21)7(28-13)5-27-29(24,25)19-1-3-26-4-2-19/h7-11,13-14,16-17,21-22H,1-6,15H2,(H,18,23)(H,24,25)/t7-,8?,9-,10-,11?,13-,14?/m1/s1. The molecule has 0 aliphatic carbocycles. The predicted octanol–water partition coefficient (Wildman–Crippen LogP) is -4.60. The van der Waals surface area contributed by atoms with Crippen molar-refractivity contribution in [1.82, 2.24) is 25.5 Å². The van der Waals surface area contributed by atoms with Crippen molar-refractivity contribution in [2.45, 2.75) is 43.0 Å². The minimum atomic E-state index is -4.08. The molecule has 8 N–H and O–H groups in total. The number of carbonyl (C=O) groups excluding carboxylic acids is 1. The van der Waals surface area contributed by atoms with Gasteiger partial charge in [0.1, 0.15) is 36.9 Å². The molecule has 8 atom stereocenters. The molecule has 0 aromatic heterocycles. The average molecular weight is 438 g/mol. The van der Waals surface area contributed by atoms with E-state index in [0.717, 1.165) is 0 Å². The van der Waals surface area contributed by atoms with Crippen LogP contribution in [-0.4, -0.2) is 113 Å². The van der Waals surface area contributed by atoms with Crippen LogP contribution in [0.15, 0.2) is 0 Å². The van der Waals surface area contributed by atoms with Crippen molar-refractivity contribution >= 4 is 13.7 Å². The van der Waals surface area contributed by atoms with E-state index in [-0.39, 0.29) is 32.3 Å². The van der Waals surface area contributed by atoms with Crippen LogP contribution >= 0.6 is 7.75 Å². The summed E-state index contributed by atoms with van der Waals surface area (Å²) in [6.07, 6.45) is -5.96. The van der Waals surface area contributed by atoms with Crippen LogP contribution in [0.3, 0.4) is 0 Å². The maximum Gasteiger partial charge on any atom is 0.405 e. The van der Waals surface area contributed by atoms with Gasteiger partial charge in [-0.1, -0.05) is 0 Å². The van der Waals surface area contributed by atoms with Gasteiger partial charge in [0.05, 0.1) is 32.7 Å². The highest BCUT2D eigenvalue weighted by molar-refractivity contribution is 7.50. The van der Waals surface area contributed by atoms with Gasteiger partial charge in [-0.3, -0.25) is 25.7 Å². The maximum absolute atomic E-state index is 12.4. The van der Waals surface area contributed by atoms with Crippen molar-refractivity contribution in [2.75, 3.05) is 39.6 Å². The van der Waals surface area contributed by atoms with Gasteiger partial charge in [-0.05, 0) is 0 Å². The number of fused-ring (bicyclic) bond motifs is 1. The first-order valence-electron chi connectivity index (χ1n) is 9.41. The third-order valence-electron chi connectivity index (χ3n) is 5.51. The normalized spacial score (nSPS) is 43.7. The van der Waals surface area contributed by atoms with E-state index in [4.69, 9.17) is 19.7 Å². The largest absolute Gasteiger partial charge is 0.405 e. The van der Waals surface area contributed by atoms with Gasteiger partial charge in [0.25, 0.3) is 0 Å². The van der Waals surface area contributed by atoms with Crippen LogP contribution < -0.4 is 21.7 Å². The quantitative estimate of drug-likeness (QED) is 0.203. The minimum absolute atomic E-state index is 0.205. The number of ether oxygens (including phenoxy) is 2. The van der Waals surface area contributed by atoms with E-state index < -0.39 is 50.8 Å². The summed E-state index contributed by atoms with van der Waals surface area (Å²) >= 11 is 0. The lowest BCUT2D eigenvalue weighted by Crippen LogP contribution is -2.71. The van der Waals surface area contributed by atoms with E-state index >= 15 is 0 Å². The Balaban J connectivity index is 1.38. The number of nitrogens with one attached hydrogen (secondary N) is 3. The molecule has 29 heavy (non-hydrogen) atoms. The lowest BCUT2D eigenvalue weighted by atomic mass is 10.1. The Labute approximate surface area is 166 Å². The number of hydrogen-bond donors (Lipinski definition) is 7. The minimum Gasteiger partial charge on any atom is -0.387 e. The van der Waals surface area contributed by atoms with Crippen molar-refractivity contribution in [2.24, 2.45) is 5.73 Å². The smallest absolute Gasteiger partial charge is 0.387 e. The van der Waals surface area contributed by atoms with Crippen LogP contribution in [0.1, 0.15) is 0 Å². The molecule has 14 nitrogen and oxygen atoms in total. The maximum atomic E-state index is 12.4. The number of carbonyl (C=O) groups is 1. The lowest BCUT2D eigenvalue weighted by Gasteiger charge is -2.37. The van der Waals surface area contributed by atoms with Gasteiger partial charge in [0.15, 0.2) is 0 Å². The van der Waals surface area contributed by atoms with Crippen LogP contribution in [0, 0.1) is 0 Å². The molecule has 4 aliphatic heterocycles. The Morgan fingerprint density at radius 3 is 2.72 bits per heavy atom. The zero-order chi connectivity index (χ0) is 20.8. The molecule has 4 saturated heterocycles. The summed E-state index contributed by atoms with van der Waals surface area (Å²) in [7, 11) is -4.08. The molecule has 0 spiro atoms. The monoisotopic (exact) mass is 438 g/mol. The average Bonchev–Trinajstić information content (AvgIpc) is 3.23. The van der Waals surface area contributed by atoms with Gasteiger partial charge >= 0.3 is 7.75 Å². The topological polar surface area (TPSA) is 191 Å². The summed E-state index contributed by atoms with van der Waals surface area (Å²) in [6, 6.07) is -0.600. The number of nitrogens with zero attached hydrogens (tertiary/aromatic N) is 2. The third-order valence-corrected chi connectivity index (χ3v) is 7.11. The van der Waals surface area contributed by atoms with Crippen LogP contribution in [0.25, 0.3) is 0 Å². The van der Waals surface area contributed by atoms with E-state index in [1.54, 1.807) is 4.90 Å². The molecule has 4 heterocycles. The summed E-state index contributed by atoms with van der Waals surface area (Å²) < 4.78 is 29.8. The van der Waals surface area contributed by atoms with Gasteiger partial charge in [-0.25, -0.2) is 14.1 Å². The molecule has 0 saturated carbocycles. The summed E-state index contributed by atoms with van der Waals surface area (Å²) in [6.45, 7) is 0.974. The first kappa shape index (κ1) is 21.5. The van der Waals surface area contributed by atoms with Gasteiger partial charge in [0.2, 0.25) is 5.91 Å². The van der Waals surface area contributed by atoms with Crippen molar-refractivity contribution in [1.29, 1.82) is 0 Å². The molecule has 0 radical (unpaired) electrons. The highest BCUT2D eigenvalue weighted by atomic mass is 31.2. The molecule has 4 fully saturated rings. The molecule has 0 bridgehead atoms. The van der Waals surface area contributed by atoms with E-state index in [9.17, 15) is 24.5 Å². The molecule has 15 heteroatoms. The Hall–Kier alpha value is -0.740. The fourth-order valence-corrected chi connectivity index (χ4v) is 5.12. The molecule has 0 aromatic carbocycles. The summed E-state index contributed by atoms with van der Waals surface area (Å²) in [5.74, 6) is -0.289. The van der Waals surface area contributed by atoms with Crippen LogP contribution in [0.4, 0.5) is 0 Å². The van der Waals surface area contributed by atoms with Crippen molar-refractivity contribution in [3.8, 4) is 0 Å². The first-order valence-corrected chi connectivity index (χ1v) is 10.9. The van der Waals surface area contributed by atoms with E-state index in [2.05, 4.69) is 16.0 Å². The highest BCUT2D eigenvalue weighted by Crippen LogP contribution is 2.47. The van der Waals surface area contributed by atoms with Crippen molar-refractivity contribution in [3.05, 3.63) is 0 Å². The van der Waals surface area contributed by atoms with Gasteiger partial charge in [-0.2, -0.15) is 0 Å². The molecule has 4 unspecified atom stereocenters. The number of amides is 1. The Kier molecular flexibility index (Phi) is 6.24. The first-order chi connectivity index (χ1) is 13.8. The van der Waals surface area contributed by atoms with E-state index in [1.807, 2.05) is 0 Å². The number of aliphatic hydroxyl groups excluding tert-OH is 2. The van der Waals surface area contributed by atoms with Crippen molar-refractivity contribution < 1.29 is 38.5 Å². The second-order valence-corrected chi connectivity index (χ2v) is 9.16. The predicted molar refractivity (Wildman–Crippen MR) is 95.5 cm³/mol. The Morgan fingerprint density at radius 1 is 1.28 bits per heavy atom. The molecular formula is C14H27N6O8P. The zero-order valence-corrected chi connectivity index (χ0v) is 16.5. The van der Waals surface area contributed by atoms with Crippen molar-refractivity contribution in [3.63, 3.8) is 0 Å². The molecule has 0 aromatic rings. The molecule has 4 aliphatic rings. The van der Waals surface area contributed by atoms with E-state index in [1.165, 1.54) is 4.67 Å². The van der Waals surface area contributed by atoms with Gasteiger partial charge in [0, 0.05) is 13.1 Å². The second-order valence-electron chi connectivity index (χ2n) is 7.35. The van der Waals surface area contributed by atoms with E-state index in [0.29, 0.717) is 13.2 Å². The number of morpholine rings is 1. The SMILES string of the molecule is NC1NC(=O)C2NCN([C@@H]3O[C@H](COP(=O)(O)N4CCOCC4)[C@@H](O)[C@H]3O)C2N1. The number of hydrogen-bond acceptors (Lipinski definition) is 11. The molecular weight excluding hydrogens is 411 g/mol. The summed E-state index contributed by atoms with van der Waals surface area (Å²) in [5.41, 5.74) is 5.76. The Bertz CT molecular complexity index is 668. The summed E-state index contributed by atoms with van der Waals surface area (Å²) in [4.78, 5) is 23.8. The Morgan fingerprint density at radius 2 is 2.00 bits per heavy atom. The van der Waals surface area contributed by atoms with Crippen LogP contribution in [-0.2, 0) is 23.4 Å². The lowest BCUT2D eigenvalue weighted by molar-refractivity contribution is -0.133. The summed E-state index contributed by atoms with van der Waals surface area (Å²) in [5, 5.41) is 29.4. The zero-order valence-electron chi connectivity index (χ0n) is 15.6. The molecule has 166 valence electrons. The fraction of sp³-hybridized carbons (Fsp3) is 0.929. The number of nitrogens with two attached hydrogens (primary N) is 1. The fourth-order valence-electron chi connectivity index (χ4n) is 3.95. The van der Waals surface area contributed by atoms with Crippen LogP contribution in [0.2, 0.25) is 0 Å². The highest BCUT2D eigenvalue weighted by Gasteiger charge is 2.53. The number of aliphatic hydroxyl groups is 2. The van der Waals surface area contributed by atoms with Gasteiger partial charge in [-0.15, -0.1) is 0 Å². The second kappa shape index (κ2) is 8.42. The number of rotatable bonds is 5. The van der Waals surface area contributed by atoms with Gasteiger partial charge < -0.3 is 29.9 Å². The third kappa shape index (κ3) is 4.21. The molecule has 1 amide bonds.